The Hall–Kier alpha value is -3.35. The molecule has 7 nitrogen and oxygen atoms in total. The fraction of sp³-hybridized carbons (Fsp3) is 0.348. The molecule has 0 aliphatic carbocycles. The second kappa shape index (κ2) is 9.91. The first-order valence-corrected chi connectivity index (χ1v) is 10.2. The average molecular weight is 409 g/mol. The fourth-order valence-corrected chi connectivity index (χ4v) is 3.09. The lowest BCUT2D eigenvalue weighted by Gasteiger charge is -2.26. The van der Waals surface area contributed by atoms with E-state index in [1.54, 1.807) is 41.2 Å². The van der Waals surface area contributed by atoms with Gasteiger partial charge in [-0.25, -0.2) is 9.67 Å². The monoisotopic (exact) mass is 408 g/mol. The van der Waals surface area contributed by atoms with Gasteiger partial charge in [0.1, 0.15) is 12.7 Å². The molecule has 0 unspecified atom stereocenters. The Morgan fingerprint density at radius 2 is 1.87 bits per heavy atom. The number of benzene rings is 2. The predicted molar refractivity (Wildman–Crippen MR) is 115 cm³/mol. The molecular formula is C23H28N4O3. The summed E-state index contributed by atoms with van der Waals surface area (Å²) in [6.45, 7) is 7.08. The third kappa shape index (κ3) is 4.79. The normalized spacial score (nSPS) is 11.7. The minimum absolute atomic E-state index is 0.0779. The molecule has 2 aromatic carbocycles. The molecule has 0 aliphatic heterocycles. The van der Waals surface area contributed by atoms with Crippen molar-refractivity contribution in [2.24, 2.45) is 0 Å². The van der Waals surface area contributed by atoms with E-state index < -0.39 is 0 Å². The SMILES string of the molecule is CCCOc1ccc(C(=O)N(C)[C@@H](C)c2ccc(-n3cncn3)cc2)cc1OCC. The number of carbonyl (C=O) groups excluding carboxylic acids is 1. The van der Waals surface area contributed by atoms with E-state index in [2.05, 4.69) is 10.1 Å². The van der Waals surface area contributed by atoms with Gasteiger partial charge >= 0.3 is 0 Å². The molecule has 1 amide bonds. The van der Waals surface area contributed by atoms with Gasteiger partial charge in [0.2, 0.25) is 0 Å². The topological polar surface area (TPSA) is 69.5 Å². The summed E-state index contributed by atoms with van der Waals surface area (Å²) in [6.07, 6.45) is 4.05. The van der Waals surface area contributed by atoms with Gasteiger partial charge in [-0.05, 0) is 56.2 Å². The van der Waals surface area contributed by atoms with Crippen LogP contribution < -0.4 is 9.47 Å². The zero-order valence-electron chi connectivity index (χ0n) is 17.9. The van der Waals surface area contributed by atoms with Gasteiger partial charge in [0, 0.05) is 12.6 Å². The Labute approximate surface area is 177 Å². The van der Waals surface area contributed by atoms with Crippen LogP contribution in [0.5, 0.6) is 11.5 Å². The second-order valence-electron chi connectivity index (χ2n) is 6.97. The van der Waals surface area contributed by atoms with Crippen molar-refractivity contribution in [2.75, 3.05) is 20.3 Å². The molecular weight excluding hydrogens is 380 g/mol. The van der Waals surface area contributed by atoms with Crippen molar-refractivity contribution >= 4 is 5.91 Å². The van der Waals surface area contributed by atoms with Crippen LogP contribution in [-0.4, -0.2) is 45.8 Å². The van der Waals surface area contributed by atoms with Crippen molar-refractivity contribution < 1.29 is 14.3 Å². The molecule has 0 N–H and O–H groups in total. The predicted octanol–water partition coefficient (Wildman–Crippen LogP) is 4.29. The van der Waals surface area contributed by atoms with Gasteiger partial charge in [0.05, 0.1) is 24.9 Å². The van der Waals surface area contributed by atoms with Crippen LogP contribution in [0.25, 0.3) is 5.69 Å². The molecule has 1 atom stereocenters. The number of amides is 1. The summed E-state index contributed by atoms with van der Waals surface area (Å²) in [6, 6.07) is 13.2. The molecule has 0 spiro atoms. The van der Waals surface area contributed by atoms with Gasteiger partial charge in [-0.2, -0.15) is 5.10 Å². The molecule has 30 heavy (non-hydrogen) atoms. The van der Waals surface area contributed by atoms with Crippen LogP contribution in [0.4, 0.5) is 0 Å². The van der Waals surface area contributed by atoms with Crippen LogP contribution in [0.3, 0.4) is 0 Å². The lowest BCUT2D eigenvalue weighted by Crippen LogP contribution is -2.29. The van der Waals surface area contributed by atoms with E-state index in [1.807, 2.05) is 45.0 Å². The van der Waals surface area contributed by atoms with Gasteiger partial charge in [0.15, 0.2) is 11.5 Å². The van der Waals surface area contributed by atoms with Gasteiger partial charge in [-0.1, -0.05) is 19.1 Å². The first kappa shape index (κ1) is 21.4. The molecule has 0 saturated carbocycles. The third-order valence-corrected chi connectivity index (χ3v) is 4.91. The summed E-state index contributed by atoms with van der Waals surface area (Å²) in [5.74, 6) is 1.18. The number of hydrogen-bond donors (Lipinski definition) is 0. The lowest BCUT2D eigenvalue weighted by atomic mass is 10.1. The van der Waals surface area contributed by atoms with Crippen molar-refractivity contribution in [3.8, 4) is 17.2 Å². The second-order valence-corrected chi connectivity index (χ2v) is 6.97. The zero-order chi connectivity index (χ0) is 21.5. The summed E-state index contributed by atoms with van der Waals surface area (Å²) in [5.41, 5.74) is 2.51. The minimum atomic E-state index is -0.103. The standard InChI is InChI=1S/C23H28N4O3/c1-5-13-30-21-12-9-19(14-22(21)29-6-2)23(28)26(4)17(3)18-7-10-20(11-8-18)27-16-24-15-25-27/h7-12,14-17H,5-6,13H2,1-4H3/t17-/m0/s1. The summed E-state index contributed by atoms with van der Waals surface area (Å²) < 4.78 is 13.1. The highest BCUT2D eigenvalue weighted by Crippen LogP contribution is 2.30. The highest BCUT2D eigenvalue weighted by molar-refractivity contribution is 5.95. The molecule has 0 fully saturated rings. The average Bonchev–Trinajstić information content (AvgIpc) is 3.32. The Morgan fingerprint density at radius 1 is 1.10 bits per heavy atom. The Morgan fingerprint density at radius 3 is 2.50 bits per heavy atom. The quantitative estimate of drug-likeness (QED) is 0.528. The summed E-state index contributed by atoms with van der Waals surface area (Å²) in [7, 11) is 1.81. The van der Waals surface area contributed by atoms with Crippen molar-refractivity contribution in [3.63, 3.8) is 0 Å². The Balaban J connectivity index is 1.76. The number of carbonyl (C=O) groups is 1. The highest BCUT2D eigenvalue weighted by atomic mass is 16.5. The van der Waals surface area contributed by atoms with Gasteiger partial charge in [-0.15, -0.1) is 0 Å². The van der Waals surface area contributed by atoms with E-state index in [1.165, 1.54) is 6.33 Å². The first-order chi connectivity index (χ1) is 14.5. The molecule has 7 heteroatoms. The zero-order valence-corrected chi connectivity index (χ0v) is 17.9. The minimum Gasteiger partial charge on any atom is -0.490 e. The largest absolute Gasteiger partial charge is 0.490 e. The Kier molecular flexibility index (Phi) is 7.06. The maximum atomic E-state index is 13.1. The third-order valence-electron chi connectivity index (χ3n) is 4.91. The maximum Gasteiger partial charge on any atom is 0.254 e. The van der Waals surface area contributed by atoms with Crippen molar-refractivity contribution in [2.45, 2.75) is 33.2 Å². The molecule has 0 radical (unpaired) electrons. The van der Waals surface area contributed by atoms with E-state index in [0.717, 1.165) is 17.7 Å². The number of hydrogen-bond acceptors (Lipinski definition) is 5. The van der Waals surface area contributed by atoms with Crippen molar-refractivity contribution in [3.05, 3.63) is 66.2 Å². The summed E-state index contributed by atoms with van der Waals surface area (Å²) >= 11 is 0. The van der Waals surface area contributed by atoms with E-state index >= 15 is 0 Å². The van der Waals surface area contributed by atoms with Gasteiger partial charge < -0.3 is 14.4 Å². The maximum absolute atomic E-state index is 13.1. The van der Waals surface area contributed by atoms with E-state index in [0.29, 0.717) is 30.3 Å². The highest BCUT2D eigenvalue weighted by Gasteiger charge is 2.20. The van der Waals surface area contributed by atoms with E-state index in [4.69, 9.17) is 9.47 Å². The van der Waals surface area contributed by atoms with Gasteiger partial charge in [0.25, 0.3) is 5.91 Å². The molecule has 0 aliphatic rings. The van der Waals surface area contributed by atoms with E-state index in [-0.39, 0.29) is 11.9 Å². The molecule has 3 rings (SSSR count). The summed E-state index contributed by atoms with van der Waals surface area (Å²) in [4.78, 5) is 18.8. The van der Waals surface area contributed by atoms with E-state index in [9.17, 15) is 4.79 Å². The van der Waals surface area contributed by atoms with Crippen LogP contribution in [0.2, 0.25) is 0 Å². The lowest BCUT2D eigenvalue weighted by molar-refractivity contribution is 0.0742. The molecule has 158 valence electrons. The molecule has 3 aromatic rings. The molecule has 0 bridgehead atoms. The number of nitrogens with zero attached hydrogens (tertiary/aromatic N) is 4. The van der Waals surface area contributed by atoms with Gasteiger partial charge in [-0.3, -0.25) is 4.79 Å². The van der Waals surface area contributed by atoms with Crippen LogP contribution in [-0.2, 0) is 0 Å². The number of rotatable bonds is 9. The smallest absolute Gasteiger partial charge is 0.254 e. The number of ether oxygens (including phenoxy) is 2. The van der Waals surface area contributed by atoms with Crippen molar-refractivity contribution in [1.82, 2.24) is 19.7 Å². The van der Waals surface area contributed by atoms with Crippen LogP contribution in [0, 0.1) is 0 Å². The molecule has 0 saturated heterocycles. The number of aromatic nitrogens is 3. The fourth-order valence-electron chi connectivity index (χ4n) is 3.09. The molecule has 1 aromatic heterocycles. The first-order valence-electron chi connectivity index (χ1n) is 10.2. The Bertz CT molecular complexity index is 955. The van der Waals surface area contributed by atoms with Crippen LogP contribution >= 0.6 is 0 Å². The van der Waals surface area contributed by atoms with Crippen LogP contribution in [0.15, 0.2) is 55.1 Å². The summed E-state index contributed by atoms with van der Waals surface area (Å²) in [5, 5.41) is 4.13. The molecule has 1 heterocycles. The van der Waals surface area contributed by atoms with Crippen LogP contribution in [0.1, 0.15) is 49.2 Å². The van der Waals surface area contributed by atoms with Crippen molar-refractivity contribution in [1.29, 1.82) is 0 Å².